The average Bonchev–Trinajstić information content (AvgIpc) is 3.12. The van der Waals surface area contributed by atoms with Crippen molar-refractivity contribution in [2.45, 2.75) is 12.3 Å². The summed E-state index contributed by atoms with van der Waals surface area (Å²) in [5.41, 5.74) is 7.72. The van der Waals surface area contributed by atoms with Crippen molar-refractivity contribution in [2.24, 2.45) is 5.73 Å². The number of aromatic amines is 1. The first kappa shape index (κ1) is 19.9. The molecule has 0 fully saturated rings. The molecule has 3 N–H and O–H groups in total. The number of benzene rings is 1. The Labute approximate surface area is 166 Å². The zero-order valence-electron chi connectivity index (χ0n) is 16.4. The second-order valence-electron chi connectivity index (χ2n) is 6.06. The van der Waals surface area contributed by atoms with Gasteiger partial charge in [0.1, 0.15) is 11.6 Å². The maximum atomic E-state index is 11.8. The number of esters is 1. The third-order valence-corrected chi connectivity index (χ3v) is 4.59. The number of methoxy groups -OCH3 is 4. The summed E-state index contributed by atoms with van der Waals surface area (Å²) in [6.45, 7) is 0. The van der Waals surface area contributed by atoms with Gasteiger partial charge in [-0.15, -0.1) is 5.10 Å². The van der Waals surface area contributed by atoms with Gasteiger partial charge in [0.2, 0.25) is 17.5 Å². The normalized spacial score (nSPS) is 15.1. The van der Waals surface area contributed by atoms with Crippen molar-refractivity contribution < 1.29 is 28.5 Å². The number of allylic oxidation sites excluding steroid dienone is 1. The standard InChI is InChI=1S/C19H20N4O6/c1-25-12-5-9(6-13(26-2)17(12)28-4)15-10(8-20)18(21)29-19-16(15)11(22-23-19)7-14(24)27-3/h5-6,15H,7,21H2,1-4H3,(H,22,23). The minimum Gasteiger partial charge on any atom is -0.493 e. The van der Waals surface area contributed by atoms with Crippen LogP contribution in [0, 0.1) is 11.3 Å². The number of nitriles is 1. The number of nitrogens with one attached hydrogen (secondary N) is 1. The molecular weight excluding hydrogens is 380 g/mol. The molecule has 0 saturated carbocycles. The molecule has 1 atom stereocenters. The van der Waals surface area contributed by atoms with E-state index in [0.717, 1.165) is 0 Å². The Morgan fingerprint density at radius 3 is 2.41 bits per heavy atom. The van der Waals surface area contributed by atoms with E-state index in [1.807, 2.05) is 0 Å². The van der Waals surface area contributed by atoms with E-state index in [2.05, 4.69) is 16.3 Å². The topological polar surface area (TPSA) is 142 Å². The van der Waals surface area contributed by atoms with Crippen LogP contribution in [0.4, 0.5) is 0 Å². The van der Waals surface area contributed by atoms with E-state index >= 15 is 0 Å². The minimum absolute atomic E-state index is 0.0742. The largest absolute Gasteiger partial charge is 0.493 e. The molecule has 1 aromatic heterocycles. The second kappa shape index (κ2) is 8.02. The lowest BCUT2D eigenvalue weighted by molar-refractivity contribution is -0.139. The molecule has 0 saturated heterocycles. The molecule has 0 bridgehead atoms. The van der Waals surface area contributed by atoms with Gasteiger partial charge in [-0.1, -0.05) is 0 Å². The predicted octanol–water partition coefficient (Wildman–Crippen LogP) is 1.37. The summed E-state index contributed by atoms with van der Waals surface area (Å²) in [4.78, 5) is 11.8. The van der Waals surface area contributed by atoms with E-state index < -0.39 is 11.9 Å². The van der Waals surface area contributed by atoms with Crippen molar-refractivity contribution >= 4 is 5.97 Å². The quantitative estimate of drug-likeness (QED) is 0.687. The smallest absolute Gasteiger partial charge is 0.311 e. The molecule has 3 rings (SSSR count). The highest BCUT2D eigenvalue weighted by Crippen LogP contribution is 2.47. The van der Waals surface area contributed by atoms with Crippen LogP contribution in [-0.2, 0) is 16.0 Å². The number of carbonyl (C=O) groups excluding carboxylic acids is 1. The van der Waals surface area contributed by atoms with E-state index in [0.29, 0.717) is 34.1 Å². The first-order valence-electron chi connectivity index (χ1n) is 8.50. The lowest BCUT2D eigenvalue weighted by Gasteiger charge is -2.25. The fraction of sp³-hybridized carbons (Fsp3) is 0.316. The molecule has 0 radical (unpaired) electrons. The Kier molecular flexibility index (Phi) is 5.50. The van der Waals surface area contributed by atoms with Crippen molar-refractivity contribution in [1.29, 1.82) is 5.26 Å². The zero-order chi connectivity index (χ0) is 21.1. The molecule has 1 aromatic carbocycles. The van der Waals surface area contributed by atoms with Gasteiger partial charge in [0.15, 0.2) is 11.5 Å². The molecule has 2 heterocycles. The maximum Gasteiger partial charge on any atom is 0.311 e. The van der Waals surface area contributed by atoms with Crippen LogP contribution in [-0.4, -0.2) is 44.6 Å². The SMILES string of the molecule is COC(=O)Cc1[nH]nc2c1C(c1cc(OC)c(OC)c(OC)c1)C(C#N)=C(N)O2. The maximum absolute atomic E-state index is 11.8. The third-order valence-electron chi connectivity index (χ3n) is 4.59. The summed E-state index contributed by atoms with van der Waals surface area (Å²) in [5.74, 6) is 0.182. The fourth-order valence-electron chi connectivity index (χ4n) is 3.26. The average molecular weight is 400 g/mol. The van der Waals surface area contributed by atoms with Crippen LogP contribution in [0.15, 0.2) is 23.6 Å². The van der Waals surface area contributed by atoms with E-state index in [-0.39, 0.29) is 23.8 Å². The summed E-state index contributed by atoms with van der Waals surface area (Å²) in [6, 6.07) is 5.51. The first-order chi connectivity index (χ1) is 14.0. The third kappa shape index (κ3) is 3.38. The van der Waals surface area contributed by atoms with Crippen LogP contribution in [0.25, 0.3) is 0 Å². The number of H-pyrrole nitrogens is 1. The Morgan fingerprint density at radius 1 is 1.24 bits per heavy atom. The van der Waals surface area contributed by atoms with E-state index in [4.69, 9.17) is 29.4 Å². The van der Waals surface area contributed by atoms with Gasteiger partial charge < -0.3 is 29.4 Å². The van der Waals surface area contributed by atoms with Gasteiger partial charge >= 0.3 is 5.97 Å². The summed E-state index contributed by atoms with van der Waals surface area (Å²) in [6.07, 6.45) is -0.0816. The molecule has 0 aliphatic carbocycles. The Morgan fingerprint density at radius 2 is 1.90 bits per heavy atom. The van der Waals surface area contributed by atoms with Gasteiger partial charge in [0, 0.05) is 0 Å². The van der Waals surface area contributed by atoms with Crippen molar-refractivity contribution in [3.8, 4) is 29.2 Å². The number of fused-ring (bicyclic) bond motifs is 1. The summed E-state index contributed by atoms with van der Waals surface area (Å²) < 4.78 is 26.5. The van der Waals surface area contributed by atoms with Crippen LogP contribution >= 0.6 is 0 Å². The highest BCUT2D eigenvalue weighted by atomic mass is 16.5. The molecule has 1 aliphatic heterocycles. The number of hydrogen-bond acceptors (Lipinski definition) is 9. The number of nitrogens with zero attached hydrogens (tertiary/aromatic N) is 2. The molecule has 0 spiro atoms. The lowest BCUT2D eigenvalue weighted by Crippen LogP contribution is -2.22. The highest BCUT2D eigenvalue weighted by Gasteiger charge is 2.36. The molecule has 10 heteroatoms. The van der Waals surface area contributed by atoms with Crippen molar-refractivity contribution in [2.75, 3.05) is 28.4 Å². The summed E-state index contributed by atoms with van der Waals surface area (Å²) in [7, 11) is 5.77. The predicted molar refractivity (Wildman–Crippen MR) is 99.7 cm³/mol. The molecule has 1 aliphatic rings. The van der Waals surface area contributed by atoms with Gasteiger partial charge in [-0.05, 0) is 17.7 Å². The number of ether oxygens (including phenoxy) is 5. The van der Waals surface area contributed by atoms with Crippen molar-refractivity contribution in [1.82, 2.24) is 10.2 Å². The molecule has 1 unspecified atom stereocenters. The fourth-order valence-corrected chi connectivity index (χ4v) is 3.26. The second-order valence-corrected chi connectivity index (χ2v) is 6.06. The Balaban J connectivity index is 2.24. The van der Waals surface area contributed by atoms with Crippen molar-refractivity contribution in [3.63, 3.8) is 0 Å². The van der Waals surface area contributed by atoms with Crippen LogP contribution in [0.2, 0.25) is 0 Å². The van der Waals surface area contributed by atoms with Gasteiger partial charge in [0.25, 0.3) is 0 Å². The first-order valence-corrected chi connectivity index (χ1v) is 8.50. The molecule has 152 valence electrons. The zero-order valence-corrected chi connectivity index (χ0v) is 16.4. The van der Waals surface area contributed by atoms with Crippen LogP contribution in [0.5, 0.6) is 23.1 Å². The van der Waals surface area contributed by atoms with Crippen LogP contribution in [0.3, 0.4) is 0 Å². The minimum atomic E-state index is -0.670. The monoisotopic (exact) mass is 400 g/mol. The molecule has 10 nitrogen and oxygen atoms in total. The van der Waals surface area contributed by atoms with Crippen LogP contribution in [0.1, 0.15) is 22.7 Å². The number of carbonyl (C=O) groups is 1. The number of nitrogens with two attached hydrogens (primary N) is 1. The summed E-state index contributed by atoms with van der Waals surface area (Å²) in [5, 5.41) is 16.6. The van der Waals surface area contributed by atoms with Gasteiger partial charge in [-0.25, -0.2) is 0 Å². The lowest BCUT2D eigenvalue weighted by atomic mass is 9.83. The Bertz CT molecular complexity index is 995. The number of rotatable bonds is 6. The molecule has 0 amide bonds. The summed E-state index contributed by atoms with van der Waals surface area (Å²) >= 11 is 0. The number of aromatic nitrogens is 2. The van der Waals surface area contributed by atoms with E-state index in [1.165, 1.54) is 28.4 Å². The van der Waals surface area contributed by atoms with E-state index in [9.17, 15) is 10.1 Å². The van der Waals surface area contributed by atoms with Crippen molar-refractivity contribution in [3.05, 3.63) is 40.4 Å². The highest BCUT2D eigenvalue weighted by molar-refractivity contribution is 5.73. The van der Waals surface area contributed by atoms with Gasteiger partial charge in [0.05, 0.1) is 52.0 Å². The molecule has 29 heavy (non-hydrogen) atoms. The molecule has 2 aromatic rings. The van der Waals surface area contributed by atoms with Gasteiger partial charge in [-0.3, -0.25) is 9.89 Å². The van der Waals surface area contributed by atoms with Crippen LogP contribution < -0.4 is 24.7 Å². The Hall–Kier alpha value is -3.87. The van der Waals surface area contributed by atoms with Gasteiger partial charge in [-0.2, -0.15) is 5.26 Å². The van der Waals surface area contributed by atoms with E-state index in [1.54, 1.807) is 12.1 Å². The number of hydrogen-bond donors (Lipinski definition) is 2. The molecular formula is C19H20N4O6.